The molecule has 0 saturated carbocycles. The number of aromatic nitrogens is 1. The predicted octanol–water partition coefficient (Wildman–Crippen LogP) is 2.45. The highest BCUT2D eigenvalue weighted by molar-refractivity contribution is 5.96. The molecule has 132 valence electrons. The number of nitrogens with zero attached hydrogens (tertiary/aromatic N) is 2. The van der Waals surface area contributed by atoms with E-state index in [1.165, 1.54) is 0 Å². The summed E-state index contributed by atoms with van der Waals surface area (Å²) in [6.45, 7) is 3.19. The van der Waals surface area contributed by atoms with Gasteiger partial charge in [-0.2, -0.15) is 0 Å². The normalized spacial score (nSPS) is 16.8. The molecule has 0 N–H and O–H groups in total. The van der Waals surface area contributed by atoms with Crippen molar-refractivity contribution in [3.05, 3.63) is 53.2 Å². The van der Waals surface area contributed by atoms with Crippen LogP contribution in [-0.2, 0) is 11.3 Å². The number of rotatable bonds is 5. The zero-order valence-corrected chi connectivity index (χ0v) is 14.7. The first-order valence-corrected chi connectivity index (χ1v) is 8.16. The second-order valence-corrected chi connectivity index (χ2v) is 6.03. The number of aryl methyl sites for hydroxylation is 1. The highest BCUT2D eigenvalue weighted by Crippen LogP contribution is 2.25. The number of pyridine rings is 1. The number of fused-ring (bicyclic) bond motifs is 1. The highest BCUT2D eigenvalue weighted by atomic mass is 16.5. The summed E-state index contributed by atoms with van der Waals surface area (Å²) in [5.74, 6) is 1.08. The van der Waals surface area contributed by atoms with Gasteiger partial charge in [0.25, 0.3) is 5.91 Å². The molecule has 1 aromatic carbocycles. The largest absolute Gasteiger partial charge is 0.497 e. The number of ether oxygens (including phenoxy) is 3. The maximum absolute atomic E-state index is 13.0. The maximum atomic E-state index is 13.0. The summed E-state index contributed by atoms with van der Waals surface area (Å²) >= 11 is 0. The van der Waals surface area contributed by atoms with E-state index in [9.17, 15) is 4.79 Å². The molecule has 25 heavy (non-hydrogen) atoms. The fourth-order valence-corrected chi connectivity index (χ4v) is 2.84. The molecule has 2 aromatic rings. The van der Waals surface area contributed by atoms with Gasteiger partial charge in [-0.05, 0) is 36.8 Å². The van der Waals surface area contributed by atoms with Crippen molar-refractivity contribution < 1.29 is 19.0 Å². The number of methoxy groups -OCH3 is 2. The average molecular weight is 342 g/mol. The van der Waals surface area contributed by atoms with E-state index in [0.717, 1.165) is 17.0 Å². The maximum Gasteiger partial charge on any atom is 0.259 e. The minimum absolute atomic E-state index is 0.0862. The van der Waals surface area contributed by atoms with Crippen LogP contribution in [0.4, 0.5) is 0 Å². The average Bonchev–Trinajstić information content (AvgIpc) is 2.73. The Bertz CT molecular complexity index is 746. The van der Waals surface area contributed by atoms with Crippen LogP contribution < -0.4 is 9.47 Å². The Morgan fingerprint density at radius 1 is 1.20 bits per heavy atom. The molecule has 0 aliphatic carbocycles. The van der Waals surface area contributed by atoms with Crippen molar-refractivity contribution in [3.63, 3.8) is 0 Å². The van der Waals surface area contributed by atoms with Gasteiger partial charge in [-0.3, -0.25) is 4.79 Å². The van der Waals surface area contributed by atoms with Crippen molar-refractivity contribution in [1.82, 2.24) is 9.88 Å². The van der Waals surface area contributed by atoms with Crippen molar-refractivity contribution in [1.29, 1.82) is 0 Å². The van der Waals surface area contributed by atoms with E-state index in [-0.39, 0.29) is 12.0 Å². The molecule has 1 unspecified atom stereocenters. The molecule has 0 bridgehead atoms. The van der Waals surface area contributed by atoms with Gasteiger partial charge in [-0.15, -0.1) is 0 Å². The Kier molecular flexibility index (Phi) is 5.19. The molecular weight excluding hydrogens is 320 g/mol. The third-order valence-corrected chi connectivity index (χ3v) is 4.10. The van der Waals surface area contributed by atoms with Crippen molar-refractivity contribution in [2.24, 2.45) is 0 Å². The van der Waals surface area contributed by atoms with E-state index < -0.39 is 0 Å². The Balaban J connectivity index is 1.88. The SMILES string of the molecule is COCC1CN(Cc2ccc(OC)cc2)C(=O)c2ccc(C)nc2O1. The Morgan fingerprint density at radius 2 is 1.96 bits per heavy atom. The lowest BCUT2D eigenvalue weighted by Gasteiger charge is -2.23. The quantitative estimate of drug-likeness (QED) is 0.835. The van der Waals surface area contributed by atoms with Crippen molar-refractivity contribution >= 4 is 5.91 Å². The standard InChI is InChI=1S/C19H22N2O4/c1-13-4-9-17-18(20-13)25-16(12-23-2)11-21(19(17)22)10-14-5-7-15(24-3)8-6-14/h4-9,16H,10-12H2,1-3H3. The third kappa shape index (κ3) is 3.91. The molecule has 0 fully saturated rings. The number of hydrogen-bond acceptors (Lipinski definition) is 5. The summed E-state index contributed by atoms with van der Waals surface area (Å²) < 4.78 is 16.4. The lowest BCUT2D eigenvalue weighted by atomic mass is 10.1. The smallest absolute Gasteiger partial charge is 0.259 e. The molecule has 3 rings (SSSR count). The summed E-state index contributed by atoms with van der Waals surface area (Å²) in [7, 11) is 3.25. The minimum Gasteiger partial charge on any atom is -0.497 e. The first-order chi connectivity index (χ1) is 12.1. The zero-order chi connectivity index (χ0) is 17.8. The van der Waals surface area contributed by atoms with Gasteiger partial charge < -0.3 is 19.1 Å². The van der Waals surface area contributed by atoms with Crippen LogP contribution in [0.2, 0.25) is 0 Å². The fourth-order valence-electron chi connectivity index (χ4n) is 2.84. The van der Waals surface area contributed by atoms with Gasteiger partial charge in [0.1, 0.15) is 17.4 Å². The summed E-state index contributed by atoms with van der Waals surface area (Å²) in [6, 6.07) is 11.3. The Morgan fingerprint density at radius 3 is 2.64 bits per heavy atom. The molecule has 1 aliphatic rings. The zero-order valence-electron chi connectivity index (χ0n) is 14.7. The minimum atomic E-state index is -0.261. The molecule has 0 radical (unpaired) electrons. The molecule has 0 saturated heterocycles. The van der Waals surface area contributed by atoms with Crippen LogP contribution in [0.15, 0.2) is 36.4 Å². The van der Waals surface area contributed by atoms with Gasteiger partial charge in [-0.25, -0.2) is 4.98 Å². The van der Waals surface area contributed by atoms with E-state index in [1.807, 2.05) is 37.3 Å². The van der Waals surface area contributed by atoms with E-state index >= 15 is 0 Å². The van der Waals surface area contributed by atoms with Gasteiger partial charge in [0.2, 0.25) is 5.88 Å². The number of benzene rings is 1. The number of carbonyl (C=O) groups excluding carboxylic acids is 1. The molecule has 1 aliphatic heterocycles. The molecule has 6 heteroatoms. The predicted molar refractivity (Wildman–Crippen MR) is 93.0 cm³/mol. The Hall–Kier alpha value is -2.60. The summed E-state index contributed by atoms with van der Waals surface area (Å²) in [5.41, 5.74) is 2.32. The second kappa shape index (κ2) is 7.53. The fraction of sp³-hybridized carbons (Fsp3) is 0.368. The summed E-state index contributed by atoms with van der Waals surface area (Å²) in [4.78, 5) is 19.1. The van der Waals surface area contributed by atoms with Gasteiger partial charge in [0.15, 0.2) is 0 Å². The molecule has 0 spiro atoms. The molecule has 6 nitrogen and oxygen atoms in total. The van der Waals surface area contributed by atoms with Gasteiger partial charge in [0, 0.05) is 19.3 Å². The van der Waals surface area contributed by atoms with E-state index in [4.69, 9.17) is 14.2 Å². The Labute approximate surface area is 147 Å². The van der Waals surface area contributed by atoms with E-state index in [0.29, 0.717) is 31.1 Å². The molecular formula is C19H22N2O4. The van der Waals surface area contributed by atoms with Gasteiger partial charge >= 0.3 is 0 Å². The molecule has 1 aromatic heterocycles. The topological polar surface area (TPSA) is 60.9 Å². The van der Waals surface area contributed by atoms with Crippen LogP contribution in [0.1, 0.15) is 21.6 Å². The highest BCUT2D eigenvalue weighted by Gasteiger charge is 2.30. The molecule has 1 atom stereocenters. The number of carbonyl (C=O) groups is 1. The van der Waals surface area contributed by atoms with E-state index in [1.54, 1.807) is 25.2 Å². The van der Waals surface area contributed by atoms with Crippen LogP contribution in [0, 0.1) is 6.92 Å². The van der Waals surface area contributed by atoms with Crippen LogP contribution >= 0.6 is 0 Å². The van der Waals surface area contributed by atoms with Crippen molar-refractivity contribution in [3.8, 4) is 11.6 Å². The third-order valence-electron chi connectivity index (χ3n) is 4.10. The van der Waals surface area contributed by atoms with Gasteiger partial charge in [0.05, 0.1) is 20.3 Å². The number of amides is 1. The summed E-state index contributed by atoms with van der Waals surface area (Å²) in [5, 5.41) is 0. The number of hydrogen-bond donors (Lipinski definition) is 0. The van der Waals surface area contributed by atoms with Crippen LogP contribution in [0.5, 0.6) is 11.6 Å². The second-order valence-electron chi connectivity index (χ2n) is 6.03. The summed E-state index contributed by atoms with van der Waals surface area (Å²) in [6.07, 6.45) is -0.261. The van der Waals surface area contributed by atoms with Crippen LogP contribution in [0.25, 0.3) is 0 Å². The first kappa shape index (κ1) is 17.2. The van der Waals surface area contributed by atoms with Crippen LogP contribution in [-0.4, -0.2) is 49.3 Å². The lowest BCUT2D eigenvalue weighted by molar-refractivity contribution is 0.0488. The molecule has 2 heterocycles. The van der Waals surface area contributed by atoms with Crippen molar-refractivity contribution in [2.75, 3.05) is 27.4 Å². The van der Waals surface area contributed by atoms with Crippen LogP contribution in [0.3, 0.4) is 0 Å². The monoisotopic (exact) mass is 342 g/mol. The first-order valence-electron chi connectivity index (χ1n) is 8.16. The lowest BCUT2D eigenvalue weighted by Crippen LogP contribution is -2.38. The van der Waals surface area contributed by atoms with Crippen molar-refractivity contribution in [2.45, 2.75) is 19.6 Å². The van der Waals surface area contributed by atoms with E-state index in [2.05, 4.69) is 4.98 Å². The molecule has 1 amide bonds. The van der Waals surface area contributed by atoms with Gasteiger partial charge in [-0.1, -0.05) is 12.1 Å².